The molecule has 1 aliphatic rings. The van der Waals surface area contributed by atoms with Gasteiger partial charge in [-0.15, -0.1) is 0 Å². The molecule has 1 N–H and O–H groups in total. The lowest BCUT2D eigenvalue weighted by Crippen LogP contribution is -2.49. The monoisotopic (exact) mass is 287 g/mol. The van der Waals surface area contributed by atoms with Crippen LogP contribution in [0.25, 0.3) is 0 Å². The summed E-state index contributed by atoms with van der Waals surface area (Å²) < 4.78 is 16.7. The lowest BCUT2D eigenvalue weighted by atomic mass is 9.98. The summed E-state index contributed by atoms with van der Waals surface area (Å²) in [5.74, 6) is -0.222. The molecule has 3 atom stereocenters. The third-order valence-electron chi connectivity index (χ3n) is 3.89. The molecule has 5 heteroatoms. The lowest BCUT2D eigenvalue weighted by molar-refractivity contribution is -0.152. The standard InChI is InChI=1S/C15H29NO4/c1-6-18-14(17)15(4,16-5)7-8-19-13-9-11(2)20-12(3)10-13/h11-13,16H,6-10H2,1-5H3. The van der Waals surface area contributed by atoms with E-state index in [0.717, 1.165) is 12.8 Å². The highest BCUT2D eigenvalue weighted by atomic mass is 16.5. The number of esters is 1. The molecule has 0 spiro atoms. The minimum absolute atomic E-state index is 0.219. The van der Waals surface area contributed by atoms with Gasteiger partial charge in [0.25, 0.3) is 0 Å². The largest absolute Gasteiger partial charge is 0.465 e. The van der Waals surface area contributed by atoms with E-state index in [1.807, 2.05) is 13.8 Å². The smallest absolute Gasteiger partial charge is 0.326 e. The van der Waals surface area contributed by atoms with E-state index >= 15 is 0 Å². The van der Waals surface area contributed by atoms with Crippen LogP contribution in [0.3, 0.4) is 0 Å². The van der Waals surface area contributed by atoms with Crippen molar-refractivity contribution in [3.05, 3.63) is 0 Å². The molecule has 0 bridgehead atoms. The Morgan fingerprint density at radius 3 is 2.45 bits per heavy atom. The maximum absolute atomic E-state index is 11.9. The van der Waals surface area contributed by atoms with Crippen LogP contribution >= 0.6 is 0 Å². The fourth-order valence-electron chi connectivity index (χ4n) is 2.53. The molecule has 1 saturated heterocycles. The van der Waals surface area contributed by atoms with Gasteiger partial charge in [0.05, 0.1) is 24.9 Å². The number of carbonyl (C=O) groups excluding carboxylic acids is 1. The molecule has 3 unspecified atom stereocenters. The number of nitrogens with one attached hydrogen (secondary N) is 1. The molecule has 1 aliphatic heterocycles. The van der Waals surface area contributed by atoms with Gasteiger partial charge in [0, 0.05) is 6.61 Å². The van der Waals surface area contributed by atoms with Gasteiger partial charge in [0.2, 0.25) is 0 Å². The molecule has 0 saturated carbocycles. The molecule has 0 aromatic heterocycles. The van der Waals surface area contributed by atoms with Crippen molar-refractivity contribution in [1.82, 2.24) is 5.32 Å². The predicted octanol–water partition coefficient (Wildman–Crippen LogP) is 1.89. The van der Waals surface area contributed by atoms with E-state index in [0.29, 0.717) is 19.6 Å². The van der Waals surface area contributed by atoms with Gasteiger partial charge in [-0.1, -0.05) is 0 Å². The second-order valence-corrected chi connectivity index (χ2v) is 5.77. The average molecular weight is 287 g/mol. The zero-order chi connectivity index (χ0) is 15.2. The second kappa shape index (κ2) is 7.96. The van der Waals surface area contributed by atoms with E-state index in [-0.39, 0.29) is 24.3 Å². The maximum atomic E-state index is 11.9. The first kappa shape index (κ1) is 17.4. The van der Waals surface area contributed by atoms with E-state index in [1.165, 1.54) is 0 Å². The zero-order valence-corrected chi connectivity index (χ0v) is 13.4. The Morgan fingerprint density at radius 2 is 1.95 bits per heavy atom. The lowest BCUT2D eigenvalue weighted by Gasteiger charge is -2.33. The summed E-state index contributed by atoms with van der Waals surface area (Å²) in [5, 5.41) is 3.04. The first-order valence-corrected chi connectivity index (χ1v) is 7.54. The second-order valence-electron chi connectivity index (χ2n) is 5.77. The Labute approximate surface area is 122 Å². The Bertz CT molecular complexity index is 300. The fourth-order valence-corrected chi connectivity index (χ4v) is 2.53. The molecule has 1 rings (SSSR count). The Morgan fingerprint density at radius 1 is 1.35 bits per heavy atom. The molecule has 1 fully saturated rings. The highest BCUT2D eigenvalue weighted by Gasteiger charge is 2.33. The van der Waals surface area contributed by atoms with Gasteiger partial charge < -0.3 is 19.5 Å². The molecule has 0 amide bonds. The van der Waals surface area contributed by atoms with Gasteiger partial charge in [-0.2, -0.15) is 0 Å². The van der Waals surface area contributed by atoms with Crippen LogP contribution in [0.15, 0.2) is 0 Å². The molecule has 0 aromatic rings. The van der Waals surface area contributed by atoms with Crippen LogP contribution in [-0.4, -0.2) is 50.1 Å². The minimum atomic E-state index is -0.682. The Hall–Kier alpha value is -0.650. The number of carbonyl (C=O) groups is 1. The quantitative estimate of drug-likeness (QED) is 0.725. The van der Waals surface area contributed by atoms with Crippen LogP contribution in [-0.2, 0) is 19.0 Å². The van der Waals surface area contributed by atoms with E-state index in [2.05, 4.69) is 19.2 Å². The normalized spacial score (nSPS) is 29.8. The van der Waals surface area contributed by atoms with E-state index < -0.39 is 5.54 Å². The van der Waals surface area contributed by atoms with Gasteiger partial charge in [-0.3, -0.25) is 4.79 Å². The van der Waals surface area contributed by atoms with Crippen molar-refractivity contribution in [2.45, 2.75) is 70.8 Å². The molecule has 5 nitrogen and oxygen atoms in total. The first-order valence-electron chi connectivity index (χ1n) is 7.54. The summed E-state index contributed by atoms with van der Waals surface area (Å²) in [7, 11) is 1.77. The highest BCUT2D eigenvalue weighted by molar-refractivity contribution is 5.80. The topological polar surface area (TPSA) is 56.8 Å². The average Bonchev–Trinajstić information content (AvgIpc) is 2.37. The predicted molar refractivity (Wildman–Crippen MR) is 77.7 cm³/mol. The number of hydrogen-bond acceptors (Lipinski definition) is 5. The first-order chi connectivity index (χ1) is 9.41. The number of likely N-dealkylation sites (N-methyl/N-ethyl adjacent to an activating group) is 1. The number of ether oxygens (including phenoxy) is 3. The van der Waals surface area contributed by atoms with Crippen molar-refractivity contribution in [1.29, 1.82) is 0 Å². The summed E-state index contributed by atoms with van der Waals surface area (Å²) in [4.78, 5) is 11.9. The fraction of sp³-hybridized carbons (Fsp3) is 0.933. The van der Waals surface area contributed by atoms with Crippen LogP contribution in [0.1, 0.15) is 47.0 Å². The molecule has 0 aromatic carbocycles. The molecular weight excluding hydrogens is 258 g/mol. The third-order valence-corrected chi connectivity index (χ3v) is 3.89. The number of rotatable bonds is 7. The summed E-state index contributed by atoms with van der Waals surface area (Å²) in [6.07, 6.45) is 3.13. The third kappa shape index (κ3) is 5.04. The van der Waals surface area contributed by atoms with Crippen molar-refractivity contribution in [2.24, 2.45) is 0 Å². The van der Waals surface area contributed by atoms with E-state index in [4.69, 9.17) is 14.2 Å². The van der Waals surface area contributed by atoms with Crippen molar-refractivity contribution in [2.75, 3.05) is 20.3 Å². The van der Waals surface area contributed by atoms with Crippen molar-refractivity contribution in [3.63, 3.8) is 0 Å². The van der Waals surface area contributed by atoms with Crippen LogP contribution in [0, 0.1) is 0 Å². The summed E-state index contributed by atoms with van der Waals surface area (Å²) in [6, 6.07) is 0. The Balaban J connectivity index is 2.39. The van der Waals surface area contributed by atoms with E-state index in [1.54, 1.807) is 7.05 Å². The van der Waals surface area contributed by atoms with Crippen LogP contribution in [0.4, 0.5) is 0 Å². The van der Waals surface area contributed by atoms with Crippen molar-refractivity contribution >= 4 is 5.97 Å². The van der Waals surface area contributed by atoms with Crippen LogP contribution < -0.4 is 5.32 Å². The molecular formula is C15H29NO4. The summed E-state index contributed by atoms with van der Waals surface area (Å²) in [6.45, 7) is 8.75. The molecule has 118 valence electrons. The van der Waals surface area contributed by atoms with Crippen molar-refractivity contribution in [3.8, 4) is 0 Å². The van der Waals surface area contributed by atoms with Crippen LogP contribution in [0.2, 0.25) is 0 Å². The molecule has 20 heavy (non-hydrogen) atoms. The van der Waals surface area contributed by atoms with Gasteiger partial charge >= 0.3 is 5.97 Å². The minimum Gasteiger partial charge on any atom is -0.465 e. The molecule has 1 heterocycles. The van der Waals surface area contributed by atoms with E-state index in [9.17, 15) is 4.79 Å². The zero-order valence-electron chi connectivity index (χ0n) is 13.4. The SMILES string of the molecule is CCOC(=O)C(C)(CCOC1CC(C)OC(C)C1)NC. The summed E-state index contributed by atoms with van der Waals surface area (Å²) >= 11 is 0. The van der Waals surface area contributed by atoms with Gasteiger partial charge in [0.1, 0.15) is 5.54 Å². The molecule has 0 aliphatic carbocycles. The summed E-state index contributed by atoms with van der Waals surface area (Å²) in [5.41, 5.74) is -0.682. The van der Waals surface area contributed by atoms with Gasteiger partial charge in [0.15, 0.2) is 0 Å². The van der Waals surface area contributed by atoms with Crippen LogP contribution in [0.5, 0.6) is 0 Å². The highest BCUT2D eigenvalue weighted by Crippen LogP contribution is 2.22. The Kier molecular flexibility index (Phi) is 6.92. The van der Waals surface area contributed by atoms with Gasteiger partial charge in [-0.05, 0) is 54.0 Å². The van der Waals surface area contributed by atoms with Crippen molar-refractivity contribution < 1.29 is 19.0 Å². The van der Waals surface area contributed by atoms with Gasteiger partial charge in [-0.25, -0.2) is 0 Å². The maximum Gasteiger partial charge on any atom is 0.326 e. The molecule has 0 radical (unpaired) electrons. The number of hydrogen-bond donors (Lipinski definition) is 1.